The molecule has 0 atom stereocenters. The summed E-state index contributed by atoms with van der Waals surface area (Å²) in [5.41, 5.74) is 0.779. The van der Waals surface area contributed by atoms with Crippen LogP contribution in [-0.2, 0) is 14.8 Å². The van der Waals surface area contributed by atoms with Gasteiger partial charge in [-0.3, -0.25) is 4.79 Å². The Hall–Kier alpha value is -1.66. The molecule has 98 valence electrons. The fraction of sp³-hybridized carbons (Fsp3) is 0.250. The predicted molar refractivity (Wildman–Crippen MR) is 70.8 cm³/mol. The molecule has 0 radical (unpaired) electrons. The molecule has 0 aromatic heterocycles. The molecule has 1 aromatic rings. The lowest BCUT2D eigenvalue weighted by Crippen LogP contribution is -2.22. The number of nitrogens with zero attached hydrogens (tertiary/aromatic N) is 1. The first kappa shape index (κ1) is 14.4. The SMILES string of the molecule is C=C(C)C(=O)Nc1cccc(S(=O)(=O)N(C)C)c1. The summed E-state index contributed by atoms with van der Waals surface area (Å²) in [4.78, 5) is 11.6. The fourth-order valence-corrected chi connectivity index (χ4v) is 2.13. The molecule has 0 aliphatic heterocycles. The van der Waals surface area contributed by atoms with Gasteiger partial charge in [0.15, 0.2) is 0 Å². The topological polar surface area (TPSA) is 66.5 Å². The van der Waals surface area contributed by atoms with E-state index in [0.717, 1.165) is 4.31 Å². The van der Waals surface area contributed by atoms with E-state index in [4.69, 9.17) is 0 Å². The molecule has 0 saturated carbocycles. The normalized spacial score (nSPS) is 11.3. The Morgan fingerprint density at radius 2 is 1.94 bits per heavy atom. The summed E-state index contributed by atoms with van der Waals surface area (Å²) < 4.78 is 24.9. The molecule has 1 amide bonds. The van der Waals surface area contributed by atoms with E-state index in [1.165, 1.54) is 26.2 Å². The van der Waals surface area contributed by atoms with Crippen molar-refractivity contribution in [3.05, 3.63) is 36.4 Å². The van der Waals surface area contributed by atoms with Gasteiger partial charge in [0.25, 0.3) is 5.91 Å². The van der Waals surface area contributed by atoms with Crippen molar-refractivity contribution in [2.24, 2.45) is 0 Å². The summed E-state index contributed by atoms with van der Waals surface area (Å²) in [5.74, 6) is -0.339. The van der Waals surface area contributed by atoms with Crippen LogP contribution in [0, 0.1) is 0 Å². The zero-order valence-corrected chi connectivity index (χ0v) is 11.4. The molecule has 1 aromatic carbocycles. The molecular weight excluding hydrogens is 252 g/mol. The number of hydrogen-bond donors (Lipinski definition) is 1. The van der Waals surface area contributed by atoms with Crippen molar-refractivity contribution in [3.8, 4) is 0 Å². The van der Waals surface area contributed by atoms with E-state index in [2.05, 4.69) is 11.9 Å². The quantitative estimate of drug-likeness (QED) is 0.840. The molecule has 0 heterocycles. The van der Waals surface area contributed by atoms with Crippen molar-refractivity contribution < 1.29 is 13.2 Å². The summed E-state index contributed by atoms with van der Waals surface area (Å²) in [5, 5.41) is 2.57. The second-order valence-corrected chi connectivity index (χ2v) is 6.20. The Balaban J connectivity index is 3.08. The Morgan fingerprint density at radius 3 is 2.44 bits per heavy atom. The van der Waals surface area contributed by atoms with Crippen LogP contribution in [0.4, 0.5) is 5.69 Å². The van der Waals surface area contributed by atoms with Crippen molar-refractivity contribution in [2.75, 3.05) is 19.4 Å². The van der Waals surface area contributed by atoms with Crippen LogP contribution in [0.1, 0.15) is 6.92 Å². The summed E-state index contributed by atoms with van der Waals surface area (Å²) in [6.45, 7) is 5.09. The lowest BCUT2D eigenvalue weighted by Gasteiger charge is -2.12. The molecule has 18 heavy (non-hydrogen) atoms. The molecule has 6 heteroatoms. The maximum Gasteiger partial charge on any atom is 0.250 e. The minimum absolute atomic E-state index is 0.131. The smallest absolute Gasteiger partial charge is 0.250 e. The standard InChI is InChI=1S/C12H16N2O3S/c1-9(2)12(15)13-10-6-5-7-11(8-10)18(16,17)14(3)4/h5-8H,1H2,2-4H3,(H,13,15). The number of carbonyl (C=O) groups excluding carboxylic acids is 1. The Kier molecular flexibility index (Phi) is 4.26. The van der Waals surface area contributed by atoms with Crippen LogP contribution in [-0.4, -0.2) is 32.7 Å². The highest BCUT2D eigenvalue weighted by Gasteiger charge is 2.17. The summed E-state index contributed by atoms with van der Waals surface area (Å²) in [7, 11) is -0.590. The first-order valence-corrected chi connectivity index (χ1v) is 6.68. The number of benzene rings is 1. The average Bonchev–Trinajstić information content (AvgIpc) is 2.28. The van der Waals surface area contributed by atoms with Gasteiger partial charge in [-0.05, 0) is 25.1 Å². The Labute approximate surface area is 107 Å². The van der Waals surface area contributed by atoms with Gasteiger partial charge in [0.2, 0.25) is 10.0 Å². The monoisotopic (exact) mass is 268 g/mol. The number of carbonyl (C=O) groups is 1. The van der Waals surface area contributed by atoms with E-state index in [0.29, 0.717) is 11.3 Å². The largest absolute Gasteiger partial charge is 0.322 e. The number of amides is 1. The van der Waals surface area contributed by atoms with Crippen LogP contribution in [0.15, 0.2) is 41.3 Å². The zero-order chi connectivity index (χ0) is 13.9. The van der Waals surface area contributed by atoms with Crippen LogP contribution in [0.5, 0.6) is 0 Å². The third-order valence-electron chi connectivity index (χ3n) is 2.26. The average molecular weight is 268 g/mol. The van der Waals surface area contributed by atoms with E-state index in [1.807, 2.05) is 0 Å². The van der Waals surface area contributed by atoms with Crippen molar-refractivity contribution in [2.45, 2.75) is 11.8 Å². The maximum atomic E-state index is 11.9. The molecule has 1 rings (SSSR count). The van der Waals surface area contributed by atoms with Crippen LogP contribution in [0.3, 0.4) is 0 Å². The van der Waals surface area contributed by atoms with Crippen LogP contribution in [0.2, 0.25) is 0 Å². The summed E-state index contributed by atoms with van der Waals surface area (Å²) >= 11 is 0. The Bertz CT molecular complexity index is 577. The van der Waals surface area contributed by atoms with Crippen molar-refractivity contribution in [1.29, 1.82) is 0 Å². The minimum Gasteiger partial charge on any atom is -0.322 e. The van der Waals surface area contributed by atoms with E-state index >= 15 is 0 Å². The summed E-state index contributed by atoms with van der Waals surface area (Å²) in [6, 6.07) is 6.09. The number of sulfonamides is 1. The molecule has 5 nitrogen and oxygen atoms in total. The first-order chi connectivity index (χ1) is 8.25. The molecule has 0 unspecified atom stereocenters. The lowest BCUT2D eigenvalue weighted by atomic mass is 10.3. The minimum atomic E-state index is -3.50. The van der Waals surface area contributed by atoms with Crippen LogP contribution >= 0.6 is 0 Å². The van der Waals surface area contributed by atoms with Gasteiger partial charge in [-0.2, -0.15) is 0 Å². The van der Waals surface area contributed by atoms with Crippen molar-refractivity contribution >= 4 is 21.6 Å². The highest BCUT2D eigenvalue weighted by molar-refractivity contribution is 7.89. The van der Waals surface area contributed by atoms with Gasteiger partial charge in [0, 0.05) is 25.4 Å². The Morgan fingerprint density at radius 1 is 1.33 bits per heavy atom. The highest BCUT2D eigenvalue weighted by atomic mass is 32.2. The lowest BCUT2D eigenvalue weighted by molar-refractivity contribution is -0.112. The predicted octanol–water partition coefficient (Wildman–Crippen LogP) is 1.45. The molecule has 0 fully saturated rings. The zero-order valence-electron chi connectivity index (χ0n) is 10.6. The number of anilines is 1. The molecule has 1 N–H and O–H groups in total. The van der Waals surface area contributed by atoms with E-state index in [1.54, 1.807) is 19.1 Å². The van der Waals surface area contributed by atoms with Gasteiger partial charge in [0.05, 0.1) is 4.90 Å². The third-order valence-corrected chi connectivity index (χ3v) is 4.07. The van der Waals surface area contributed by atoms with Gasteiger partial charge < -0.3 is 5.32 Å². The molecule has 0 aliphatic rings. The molecule has 0 saturated heterocycles. The fourth-order valence-electron chi connectivity index (χ4n) is 1.18. The summed E-state index contributed by atoms with van der Waals surface area (Å²) in [6.07, 6.45) is 0. The van der Waals surface area contributed by atoms with Crippen molar-refractivity contribution in [3.63, 3.8) is 0 Å². The van der Waals surface area contributed by atoms with Crippen LogP contribution in [0.25, 0.3) is 0 Å². The van der Waals surface area contributed by atoms with Gasteiger partial charge in [0.1, 0.15) is 0 Å². The first-order valence-electron chi connectivity index (χ1n) is 5.24. The second-order valence-electron chi connectivity index (χ2n) is 4.05. The number of nitrogens with one attached hydrogen (secondary N) is 1. The molecule has 0 spiro atoms. The molecule has 0 aliphatic carbocycles. The number of rotatable bonds is 4. The maximum absolute atomic E-state index is 11.9. The van der Waals surface area contributed by atoms with Gasteiger partial charge in [-0.15, -0.1) is 0 Å². The van der Waals surface area contributed by atoms with Gasteiger partial charge in [-0.1, -0.05) is 12.6 Å². The van der Waals surface area contributed by atoms with Crippen molar-refractivity contribution in [1.82, 2.24) is 4.31 Å². The number of hydrogen-bond acceptors (Lipinski definition) is 3. The van der Waals surface area contributed by atoms with E-state index in [-0.39, 0.29) is 10.8 Å². The highest BCUT2D eigenvalue weighted by Crippen LogP contribution is 2.18. The van der Waals surface area contributed by atoms with Gasteiger partial charge >= 0.3 is 0 Å². The van der Waals surface area contributed by atoms with E-state index < -0.39 is 10.0 Å². The second kappa shape index (κ2) is 5.32. The molecular formula is C12H16N2O3S. The van der Waals surface area contributed by atoms with E-state index in [9.17, 15) is 13.2 Å². The third kappa shape index (κ3) is 3.18. The van der Waals surface area contributed by atoms with Crippen LogP contribution < -0.4 is 5.32 Å². The molecule has 0 bridgehead atoms. The van der Waals surface area contributed by atoms with Gasteiger partial charge in [-0.25, -0.2) is 12.7 Å².